The molecular weight excluding hydrogens is 365 g/mol. The van der Waals surface area contributed by atoms with Gasteiger partial charge in [-0.25, -0.2) is 4.79 Å². The third-order valence-corrected chi connectivity index (χ3v) is 3.83. The van der Waals surface area contributed by atoms with Crippen LogP contribution in [-0.4, -0.2) is 37.0 Å². The molecule has 6 nitrogen and oxygen atoms in total. The predicted molar refractivity (Wildman–Crippen MR) is 91.1 cm³/mol. The lowest BCUT2D eigenvalue weighted by Crippen LogP contribution is -2.33. The van der Waals surface area contributed by atoms with Crippen molar-refractivity contribution >= 4 is 17.6 Å². The monoisotopic (exact) mass is 384 g/mol. The van der Waals surface area contributed by atoms with Crippen LogP contribution in [0.25, 0.3) is 0 Å². The second-order valence-corrected chi connectivity index (χ2v) is 5.66. The molecular formula is C18H19F3N2O4. The maximum Gasteiger partial charge on any atom is 0.418 e. The van der Waals surface area contributed by atoms with E-state index in [0.717, 1.165) is 6.07 Å². The van der Waals surface area contributed by atoms with Gasteiger partial charge in [0.25, 0.3) is 0 Å². The normalized spacial score (nSPS) is 11.5. The SMILES string of the molecule is CCN(CC(=O)Nc1ccccc1C(F)(F)F)Cc1ccoc1C(=O)OC. The molecule has 1 amide bonds. The first-order chi connectivity index (χ1) is 12.8. The molecule has 0 unspecified atom stereocenters. The first-order valence-electron chi connectivity index (χ1n) is 8.09. The molecule has 0 bridgehead atoms. The number of benzene rings is 1. The largest absolute Gasteiger partial charge is 0.463 e. The second kappa shape index (κ2) is 8.72. The number of esters is 1. The Morgan fingerprint density at radius 3 is 2.56 bits per heavy atom. The maximum absolute atomic E-state index is 13.0. The Balaban J connectivity index is 2.07. The number of furan rings is 1. The molecule has 0 saturated carbocycles. The quantitative estimate of drug-likeness (QED) is 0.740. The summed E-state index contributed by atoms with van der Waals surface area (Å²) in [6, 6.07) is 6.34. The highest BCUT2D eigenvalue weighted by molar-refractivity contribution is 5.93. The van der Waals surface area contributed by atoms with Crippen molar-refractivity contribution in [3.8, 4) is 0 Å². The molecule has 1 aromatic heterocycles. The number of alkyl halides is 3. The number of ether oxygens (including phenoxy) is 1. The van der Waals surface area contributed by atoms with Crippen molar-refractivity contribution < 1.29 is 31.9 Å². The van der Waals surface area contributed by atoms with E-state index >= 15 is 0 Å². The topological polar surface area (TPSA) is 71.8 Å². The molecule has 0 aliphatic rings. The lowest BCUT2D eigenvalue weighted by Gasteiger charge is -2.20. The van der Waals surface area contributed by atoms with Gasteiger partial charge in [0.2, 0.25) is 11.7 Å². The van der Waals surface area contributed by atoms with E-state index in [1.807, 2.05) is 0 Å². The van der Waals surface area contributed by atoms with Crippen molar-refractivity contribution in [2.75, 3.05) is 25.5 Å². The van der Waals surface area contributed by atoms with Crippen LogP contribution < -0.4 is 5.32 Å². The fourth-order valence-electron chi connectivity index (χ4n) is 2.48. The molecule has 0 saturated heterocycles. The van der Waals surface area contributed by atoms with Crippen LogP contribution in [0.4, 0.5) is 18.9 Å². The molecule has 27 heavy (non-hydrogen) atoms. The molecule has 0 spiro atoms. The zero-order valence-electron chi connectivity index (χ0n) is 14.8. The van der Waals surface area contributed by atoms with Gasteiger partial charge in [-0.15, -0.1) is 0 Å². The fourth-order valence-corrected chi connectivity index (χ4v) is 2.48. The van der Waals surface area contributed by atoms with Crippen molar-refractivity contribution in [1.29, 1.82) is 0 Å². The number of anilines is 1. The van der Waals surface area contributed by atoms with Gasteiger partial charge in [0, 0.05) is 12.1 Å². The van der Waals surface area contributed by atoms with Crippen molar-refractivity contribution in [2.24, 2.45) is 0 Å². The lowest BCUT2D eigenvalue weighted by atomic mass is 10.1. The van der Waals surface area contributed by atoms with E-state index in [-0.39, 0.29) is 24.5 Å². The summed E-state index contributed by atoms with van der Waals surface area (Å²) in [6.07, 6.45) is -3.24. The summed E-state index contributed by atoms with van der Waals surface area (Å²) in [5.74, 6) is -1.22. The van der Waals surface area contributed by atoms with Crippen LogP contribution in [0.5, 0.6) is 0 Å². The van der Waals surface area contributed by atoms with Gasteiger partial charge in [-0.1, -0.05) is 19.1 Å². The van der Waals surface area contributed by atoms with E-state index in [9.17, 15) is 22.8 Å². The van der Waals surface area contributed by atoms with E-state index < -0.39 is 23.6 Å². The lowest BCUT2D eigenvalue weighted by molar-refractivity contribution is -0.137. The molecule has 0 aliphatic heterocycles. The molecule has 0 radical (unpaired) electrons. The smallest absolute Gasteiger partial charge is 0.418 e. The summed E-state index contributed by atoms with van der Waals surface area (Å²) in [6.45, 7) is 2.26. The van der Waals surface area contributed by atoms with Crippen molar-refractivity contribution in [3.05, 3.63) is 53.5 Å². The van der Waals surface area contributed by atoms with Crippen molar-refractivity contribution in [2.45, 2.75) is 19.6 Å². The molecule has 0 aliphatic carbocycles. The Morgan fingerprint density at radius 1 is 1.22 bits per heavy atom. The third-order valence-electron chi connectivity index (χ3n) is 3.83. The van der Waals surface area contributed by atoms with Crippen LogP contribution >= 0.6 is 0 Å². The van der Waals surface area contributed by atoms with Gasteiger partial charge in [0.15, 0.2) is 0 Å². The standard InChI is InChI=1S/C18H19F3N2O4/c1-3-23(10-12-8-9-27-16(12)17(25)26-2)11-15(24)22-14-7-5-4-6-13(14)18(19,20)21/h4-9H,3,10-11H2,1-2H3,(H,22,24). The zero-order chi connectivity index (χ0) is 20.0. The van der Waals surface area contributed by atoms with E-state index in [2.05, 4.69) is 10.1 Å². The number of methoxy groups -OCH3 is 1. The first-order valence-corrected chi connectivity index (χ1v) is 8.09. The van der Waals surface area contributed by atoms with Crippen LogP contribution in [0, 0.1) is 0 Å². The van der Waals surface area contributed by atoms with Crippen LogP contribution in [0.1, 0.15) is 28.6 Å². The van der Waals surface area contributed by atoms with Gasteiger partial charge >= 0.3 is 12.1 Å². The predicted octanol–water partition coefficient (Wildman–Crippen LogP) is 3.55. The number of para-hydroxylation sites is 1. The number of nitrogens with zero attached hydrogens (tertiary/aromatic N) is 1. The number of carbonyl (C=O) groups excluding carboxylic acids is 2. The summed E-state index contributed by atoms with van der Waals surface area (Å²) in [5, 5.41) is 2.29. The minimum atomic E-state index is -4.57. The molecule has 1 heterocycles. The maximum atomic E-state index is 13.0. The number of nitrogens with one attached hydrogen (secondary N) is 1. The minimum Gasteiger partial charge on any atom is -0.463 e. The highest BCUT2D eigenvalue weighted by Gasteiger charge is 2.33. The summed E-state index contributed by atoms with van der Waals surface area (Å²) in [7, 11) is 1.22. The summed E-state index contributed by atoms with van der Waals surface area (Å²) >= 11 is 0. The molecule has 2 rings (SSSR count). The average Bonchev–Trinajstić information content (AvgIpc) is 3.08. The van der Waals surface area contributed by atoms with Crippen LogP contribution in [0.15, 0.2) is 41.0 Å². The molecule has 0 fully saturated rings. The van der Waals surface area contributed by atoms with Crippen LogP contribution in [0.2, 0.25) is 0 Å². The number of likely N-dealkylation sites (N-methyl/N-ethyl adjacent to an activating group) is 1. The highest BCUT2D eigenvalue weighted by atomic mass is 19.4. The molecule has 1 N–H and O–H groups in total. The number of halogens is 3. The van der Waals surface area contributed by atoms with E-state index in [1.165, 1.54) is 31.6 Å². The molecule has 9 heteroatoms. The summed E-state index contributed by atoms with van der Waals surface area (Å²) in [5.41, 5.74) is -0.694. The molecule has 146 valence electrons. The Hall–Kier alpha value is -2.81. The van der Waals surface area contributed by atoms with E-state index in [4.69, 9.17) is 4.42 Å². The van der Waals surface area contributed by atoms with E-state index in [0.29, 0.717) is 12.1 Å². The van der Waals surface area contributed by atoms with Crippen molar-refractivity contribution in [3.63, 3.8) is 0 Å². The van der Waals surface area contributed by atoms with Crippen LogP contribution in [0.3, 0.4) is 0 Å². The minimum absolute atomic E-state index is 0.0266. The first kappa shape index (κ1) is 20.5. The number of hydrogen-bond acceptors (Lipinski definition) is 5. The van der Waals surface area contributed by atoms with Gasteiger partial charge in [0.1, 0.15) is 0 Å². The Bertz CT molecular complexity index is 802. The van der Waals surface area contributed by atoms with Gasteiger partial charge in [0.05, 0.1) is 31.2 Å². The Labute approximate surface area is 153 Å². The average molecular weight is 384 g/mol. The van der Waals surface area contributed by atoms with E-state index in [1.54, 1.807) is 17.9 Å². The fraction of sp³-hybridized carbons (Fsp3) is 0.333. The van der Waals surface area contributed by atoms with Crippen LogP contribution in [-0.2, 0) is 22.3 Å². The van der Waals surface area contributed by atoms with Gasteiger partial charge in [-0.2, -0.15) is 13.2 Å². The zero-order valence-corrected chi connectivity index (χ0v) is 14.8. The summed E-state index contributed by atoms with van der Waals surface area (Å²) < 4.78 is 48.8. The van der Waals surface area contributed by atoms with Crippen molar-refractivity contribution in [1.82, 2.24) is 4.90 Å². The molecule has 0 atom stereocenters. The highest BCUT2D eigenvalue weighted by Crippen LogP contribution is 2.34. The molecule has 2 aromatic rings. The number of carbonyl (C=O) groups is 2. The summed E-state index contributed by atoms with van der Waals surface area (Å²) in [4.78, 5) is 25.5. The second-order valence-electron chi connectivity index (χ2n) is 5.66. The number of rotatable bonds is 7. The molecule has 1 aromatic carbocycles. The third kappa shape index (κ3) is 5.33. The van der Waals surface area contributed by atoms with Gasteiger partial charge in [-0.3, -0.25) is 9.69 Å². The number of amides is 1. The number of hydrogen-bond donors (Lipinski definition) is 1. The Kier molecular flexibility index (Phi) is 6.62. The van der Waals surface area contributed by atoms with Gasteiger partial charge < -0.3 is 14.5 Å². The Morgan fingerprint density at radius 2 is 1.93 bits per heavy atom. The van der Waals surface area contributed by atoms with Gasteiger partial charge in [-0.05, 0) is 24.7 Å².